The molecule has 1 amide bonds. The van der Waals surface area contributed by atoms with Gasteiger partial charge in [0.25, 0.3) is 0 Å². The van der Waals surface area contributed by atoms with Crippen molar-refractivity contribution in [2.45, 2.75) is 45.2 Å². The van der Waals surface area contributed by atoms with Gasteiger partial charge in [-0.05, 0) is 42.0 Å². The van der Waals surface area contributed by atoms with Gasteiger partial charge in [0.05, 0.1) is 50.3 Å². The Morgan fingerprint density at radius 2 is 2.07 bits per heavy atom. The molecule has 0 radical (unpaired) electrons. The van der Waals surface area contributed by atoms with Crippen molar-refractivity contribution in [1.82, 2.24) is 25.0 Å². The minimum Gasteiger partial charge on any atom is -0.383 e. The highest BCUT2D eigenvalue weighted by Crippen LogP contribution is 2.43. The second-order valence-electron chi connectivity index (χ2n) is 11.7. The summed E-state index contributed by atoms with van der Waals surface area (Å²) < 4.78 is 2.57. The quantitative estimate of drug-likeness (QED) is 0.221. The summed E-state index contributed by atoms with van der Waals surface area (Å²) >= 11 is 1.53. The predicted octanol–water partition coefficient (Wildman–Crippen LogP) is 4.92. The number of hydrogen-bond donors (Lipinski definition) is 3. The lowest BCUT2D eigenvalue weighted by Gasteiger charge is -2.23. The predicted molar refractivity (Wildman–Crippen MR) is 164 cm³/mol. The van der Waals surface area contributed by atoms with E-state index in [1.807, 2.05) is 24.3 Å². The number of nitriles is 1. The standard InChI is InChI=1S/C31H29N9OS/c1-5-18-14-34-26-19(13-32)11-20(12-22(26)25(18)35-16-30(2,3)4)37-27(21-7-6-8-23-28(21)42-17-36-23)24-15-40(39-38-24)31(9-10-31)29(33)41/h1,6-8,11-12,14-15,17,27,37H,9-10,16H2,2-4H3,(H2,33,41)(H,34,35)/t27-/m0/s1. The first-order valence-corrected chi connectivity index (χ1v) is 14.4. The Morgan fingerprint density at radius 3 is 2.76 bits per heavy atom. The molecular formula is C31H29N9OS. The number of nitrogens with zero attached hydrogens (tertiary/aromatic N) is 6. The summed E-state index contributed by atoms with van der Waals surface area (Å²) in [4.78, 5) is 21.2. The van der Waals surface area contributed by atoms with E-state index >= 15 is 0 Å². The highest BCUT2D eigenvalue weighted by atomic mass is 32.1. The highest BCUT2D eigenvalue weighted by Gasteiger charge is 2.52. The summed E-state index contributed by atoms with van der Waals surface area (Å²) in [5.41, 5.74) is 12.1. The largest absolute Gasteiger partial charge is 0.383 e. The third-order valence-electron chi connectivity index (χ3n) is 7.48. The second kappa shape index (κ2) is 10.1. The van der Waals surface area contributed by atoms with E-state index in [9.17, 15) is 10.1 Å². The molecule has 5 aromatic rings. The van der Waals surface area contributed by atoms with Gasteiger partial charge >= 0.3 is 0 Å². The van der Waals surface area contributed by atoms with Crippen molar-refractivity contribution in [3.63, 3.8) is 0 Å². The lowest BCUT2D eigenvalue weighted by molar-refractivity contribution is -0.122. The first-order valence-electron chi connectivity index (χ1n) is 13.5. The maximum absolute atomic E-state index is 12.2. The van der Waals surface area contributed by atoms with Crippen LogP contribution in [0.15, 0.2) is 48.2 Å². The van der Waals surface area contributed by atoms with Gasteiger partial charge in [-0.2, -0.15) is 5.26 Å². The number of terminal acetylenes is 1. The van der Waals surface area contributed by atoms with Crippen molar-refractivity contribution in [2.75, 3.05) is 17.2 Å². The lowest BCUT2D eigenvalue weighted by Crippen LogP contribution is -2.34. The number of primary amides is 1. The van der Waals surface area contributed by atoms with Crippen molar-refractivity contribution in [1.29, 1.82) is 5.26 Å². The van der Waals surface area contributed by atoms with Crippen molar-refractivity contribution in [2.24, 2.45) is 11.1 Å². The van der Waals surface area contributed by atoms with E-state index in [0.717, 1.165) is 26.9 Å². The molecule has 1 atom stereocenters. The molecule has 1 aliphatic rings. The van der Waals surface area contributed by atoms with Gasteiger partial charge < -0.3 is 16.4 Å². The number of benzene rings is 2. The fourth-order valence-electron chi connectivity index (χ4n) is 5.06. The van der Waals surface area contributed by atoms with Gasteiger partial charge in [-0.15, -0.1) is 22.9 Å². The van der Waals surface area contributed by atoms with Crippen LogP contribution in [0.4, 0.5) is 11.4 Å². The summed E-state index contributed by atoms with van der Waals surface area (Å²) in [6, 6.07) is 11.5. The molecule has 2 aromatic carbocycles. The second-order valence-corrected chi connectivity index (χ2v) is 12.6. The van der Waals surface area contributed by atoms with Crippen molar-refractivity contribution < 1.29 is 4.79 Å². The van der Waals surface area contributed by atoms with Crippen molar-refractivity contribution in [3.05, 3.63) is 70.6 Å². The molecule has 0 unspecified atom stereocenters. The Labute approximate surface area is 247 Å². The number of hydrogen-bond acceptors (Lipinski definition) is 9. The van der Waals surface area contributed by atoms with E-state index < -0.39 is 17.5 Å². The average Bonchev–Trinajstić information content (AvgIpc) is 3.39. The Kier molecular flexibility index (Phi) is 6.55. The van der Waals surface area contributed by atoms with Crippen LogP contribution in [0.2, 0.25) is 0 Å². The van der Waals surface area contributed by atoms with Crippen LogP contribution in [0.5, 0.6) is 0 Å². The van der Waals surface area contributed by atoms with Gasteiger partial charge in [-0.1, -0.05) is 44.0 Å². The minimum atomic E-state index is -0.839. The van der Waals surface area contributed by atoms with Gasteiger partial charge in [0.1, 0.15) is 17.3 Å². The molecule has 4 N–H and O–H groups in total. The maximum atomic E-state index is 12.2. The summed E-state index contributed by atoms with van der Waals surface area (Å²) in [5.74, 6) is 2.31. The fourth-order valence-corrected chi connectivity index (χ4v) is 5.90. The third kappa shape index (κ3) is 4.78. The van der Waals surface area contributed by atoms with Crippen molar-refractivity contribution >= 4 is 49.7 Å². The SMILES string of the molecule is C#Cc1cnc2c(C#N)cc(N[C@H](c3cn(C4(C(N)=O)CC4)nn3)c3cccc4ncsc34)cc2c1NCC(C)(C)C. The number of nitrogens with one attached hydrogen (secondary N) is 2. The average molecular weight is 576 g/mol. The number of anilines is 2. The molecule has 6 rings (SSSR count). The third-order valence-corrected chi connectivity index (χ3v) is 8.37. The Balaban J connectivity index is 1.50. The summed E-state index contributed by atoms with van der Waals surface area (Å²) in [7, 11) is 0. The zero-order chi connectivity index (χ0) is 29.6. The molecule has 3 aromatic heterocycles. The van der Waals surface area contributed by atoms with E-state index in [0.29, 0.717) is 47.4 Å². The van der Waals surface area contributed by atoms with Crippen LogP contribution in [-0.4, -0.2) is 37.4 Å². The number of aromatic nitrogens is 5. The van der Waals surface area contributed by atoms with E-state index in [4.69, 9.17) is 12.2 Å². The number of rotatable bonds is 8. The first kappa shape index (κ1) is 27.2. The summed E-state index contributed by atoms with van der Waals surface area (Å²) in [6.07, 6.45) is 10.5. The summed E-state index contributed by atoms with van der Waals surface area (Å²) in [6.45, 7) is 7.07. The topological polar surface area (TPSA) is 147 Å². The highest BCUT2D eigenvalue weighted by molar-refractivity contribution is 7.17. The molecule has 10 nitrogen and oxygen atoms in total. The molecule has 0 bridgehead atoms. The minimum absolute atomic E-state index is 0.0104. The number of carbonyl (C=O) groups excluding carboxylic acids is 1. The Morgan fingerprint density at radius 1 is 1.26 bits per heavy atom. The van der Waals surface area contributed by atoms with Gasteiger partial charge in [0.2, 0.25) is 5.91 Å². The van der Waals surface area contributed by atoms with Crippen LogP contribution in [0, 0.1) is 29.1 Å². The number of carbonyl (C=O) groups is 1. The first-order chi connectivity index (χ1) is 20.1. The van der Waals surface area contributed by atoms with Crippen LogP contribution in [0.3, 0.4) is 0 Å². The number of thiazole rings is 1. The zero-order valence-electron chi connectivity index (χ0n) is 23.5. The molecule has 11 heteroatoms. The van der Waals surface area contributed by atoms with Gasteiger partial charge in [-0.25, -0.2) is 9.67 Å². The van der Waals surface area contributed by atoms with Gasteiger partial charge in [-0.3, -0.25) is 9.78 Å². The number of nitrogens with two attached hydrogens (primary N) is 1. The van der Waals surface area contributed by atoms with Crippen LogP contribution in [-0.2, 0) is 10.3 Å². The zero-order valence-corrected chi connectivity index (χ0v) is 24.3. The molecular weight excluding hydrogens is 546 g/mol. The molecule has 3 heterocycles. The van der Waals surface area contributed by atoms with E-state index in [1.165, 1.54) is 11.3 Å². The van der Waals surface area contributed by atoms with Gasteiger partial charge in [0, 0.05) is 23.8 Å². The van der Waals surface area contributed by atoms with Crippen LogP contribution in [0.25, 0.3) is 21.1 Å². The summed E-state index contributed by atoms with van der Waals surface area (Å²) in [5, 5.41) is 26.8. The van der Waals surface area contributed by atoms with E-state index in [1.54, 1.807) is 28.7 Å². The molecule has 1 aliphatic carbocycles. The molecule has 0 aliphatic heterocycles. The number of amides is 1. The number of pyridine rings is 1. The lowest BCUT2D eigenvalue weighted by atomic mass is 9.96. The molecule has 42 heavy (non-hydrogen) atoms. The Bertz CT molecular complexity index is 1930. The van der Waals surface area contributed by atoms with Crippen LogP contribution < -0.4 is 16.4 Å². The number of fused-ring (bicyclic) bond motifs is 2. The van der Waals surface area contributed by atoms with Crippen LogP contribution in [0.1, 0.15) is 62.0 Å². The van der Waals surface area contributed by atoms with Crippen LogP contribution >= 0.6 is 11.3 Å². The molecule has 0 spiro atoms. The smallest absolute Gasteiger partial charge is 0.245 e. The van der Waals surface area contributed by atoms with E-state index in [2.05, 4.69) is 63.7 Å². The monoisotopic (exact) mass is 575 g/mol. The molecule has 1 fully saturated rings. The Hall–Kier alpha value is -5.00. The fraction of sp³-hybridized carbons (Fsp3) is 0.290. The maximum Gasteiger partial charge on any atom is 0.245 e. The van der Waals surface area contributed by atoms with Crippen molar-refractivity contribution in [3.8, 4) is 18.4 Å². The van der Waals surface area contributed by atoms with E-state index in [-0.39, 0.29) is 5.41 Å². The molecule has 0 saturated heterocycles. The normalized spacial score (nSPS) is 14.7. The molecule has 210 valence electrons. The van der Waals surface area contributed by atoms with Gasteiger partial charge in [0.15, 0.2) is 0 Å². The molecule has 1 saturated carbocycles.